The smallest absolute Gasteiger partial charge is 0.251 e. The second kappa shape index (κ2) is 6.08. The van der Waals surface area contributed by atoms with Crippen LogP contribution in [0.2, 0.25) is 0 Å². The van der Waals surface area contributed by atoms with Crippen molar-refractivity contribution >= 4 is 21.8 Å². The molecule has 0 aliphatic heterocycles. The van der Waals surface area contributed by atoms with E-state index in [-0.39, 0.29) is 5.91 Å². The first-order chi connectivity index (χ1) is 8.97. The van der Waals surface area contributed by atoms with Crippen molar-refractivity contribution in [2.24, 2.45) is 11.8 Å². The normalized spacial score (nSPS) is 27.1. The Morgan fingerprint density at radius 1 is 1.32 bits per heavy atom. The van der Waals surface area contributed by atoms with Crippen LogP contribution in [0.4, 0.5) is 0 Å². The quantitative estimate of drug-likeness (QED) is 0.863. The van der Waals surface area contributed by atoms with Crippen molar-refractivity contribution in [2.45, 2.75) is 46.1 Å². The molecule has 0 bridgehead atoms. The summed E-state index contributed by atoms with van der Waals surface area (Å²) in [5.41, 5.74) is 1.80. The Labute approximate surface area is 124 Å². The minimum Gasteiger partial charge on any atom is -0.349 e. The van der Waals surface area contributed by atoms with Crippen LogP contribution >= 0.6 is 15.9 Å². The predicted molar refractivity (Wildman–Crippen MR) is 82.3 cm³/mol. The highest BCUT2D eigenvalue weighted by Gasteiger charge is 2.27. The number of amides is 1. The highest BCUT2D eigenvalue weighted by Crippen LogP contribution is 2.29. The zero-order valence-corrected chi connectivity index (χ0v) is 13.5. The maximum absolute atomic E-state index is 12.4. The molecule has 0 heterocycles. The number of carbonyl (C=O) groups is 1. The van der Waals surface area contributed by atoms with Gasteiger partial charge in [0.2, 0.25) is 0 Å². The fourth-order valence-electron chi connectivity index (χ4n) is 2.96. The topological polar surface area (TPSA) is 29.1 Å². The van der Waals surface area contributed by atoms with Gasteiger partial charge in [-0.25, -0.2) is 0 Å². The number of hydrogen-bond donors (Lipinski definition) is 1. The summed E-state index contributed by atoms with van der Waals surface area (Å²) in [5.74, 6) is 1.42. The highest BCUT2D eigenvalue weighted by atomic mass is 79.9. The third kappa shape index (κ3) is 3.59. The van der Waals surface area contributed by atoms with Gasteiger partial charge >= 0.3 is 0 Å². The van der Waals surface area contributed by atoms with E-state index in [2.05, 4.69) is 35.1 Å². The van der Waals surface area contributed by atoms with Gasteiger partial charge in [0.05, 0.1) is 0 Å². The van der Waals surface area contributed by atoms with Crippen molar-refractivity contribution in [2.75, 3.05) is 0 Å². The molecule has 3 unspecified atom stereocenters. The summed E-state index contributed by atoms with van der Waals surface area (Å²) in [5, 5.41) is 3.21. The molecule has 1 amide bonds. The van der Waals surface area contributed by atoms with E-state index in [9.17, 15) is 4.79 Å². The van der Waals surface area contributed by atoms with Crippen molar-refractivity contribution in [3.8, 4) is 0 Å². The summed E-state index contributed by atoms with van der Waals surface area (Å²) in [6.45, 7) is 6.52. The molecule has 2 nitrogen and oxygen atoms in total. The van der Waals surface area contributed by atoms with Crippen LogP contribution in [0.5, 0.6) is 0 Å². The first-order valence-corrected chi connectivity index (χ1v) is 7.83. The van der Waals surface area contributed by atoms with Crippen molar-refractivity contribution in [3.05, 3.63) is 33.8 Å². The van der Waals surface area contributed by atoms with Gasteiger partial charge in [-0.2, -0.15) is 0 Å². The van der Waals surface area contributed by atoms with Crippen LogP contribution in [0.3, 0.4) is 0 Å². The third-order valence-electron chi connectivity index (χ3n) is 4.19. The van der Waals surface area contributed by atoms with Crippen molar-refractivity contribution in [1.29, 1.82) is 0 Å². The van der Waals surface area contributed by atoms with Crippen LogP contribution in [0.25, 0.3) is 0 Å². The molecule has 1 fully saturated rings. The number of rotatable bonds is 2. The average molecular weight is 324 g/mol. The minimum absolute atomic E-state index is 0.0604. The molecule has 1 aliphatic rings. The summed E-state index contributed by atoms with van der Waals surface area (Å²) in [4.78, 5) is 12.4. The first kappa shape index (κ1) is 14.6. The average Bonchev–Trinajstić information content (AvgIpc) is 2.35. The Bertz CT molecular complexity index is 472. The maximum atomic E-state index is 12.4. The zero-order valence-electron chi connectivity index (χ0n) is 11.9. The van der Waals surface area contributed by atoms with Gasteiger partial charge in [0, 0.05) is 16.1 Å². The minimum atomic E-state index is 0.0604. The molecule has 1 aromatic rings. The number of benzene rings is 1. The summed E-state index contributed by atoms with van der Waals surface area (Å²) in [6.07, 6.45) is 3.52. The third-order valence-corrected chi connectivity index (χ3v) is 4.69. The van der Waals surface area contributed by atoms with Crippen LogP contribution in [-0.4, -0.2) is 11.9 Å². The fourth-order valence-corrected chi connectivity index (χ4v) is 3.33. The maximum Gasteiger partial charge on any atom is 0.251 e. The number of nitrogens with one attached hydrogen (secondary N) is 1. The molecule has 0 saturated heterocycles. The summed E-state index contributed by atoms with van der Waals surface area (Å²) < 4.78 is 0.952. The van der Waals surface area contributed by atoms with Gasteiger partial charge in [0.15, 0.2) is 0 Å². The Hall–Kier alpha value is -0.830. The lowest BCUT2D eigenvalue weighted by Crippen LogP contribution is -2.42. The molecular formula is C16H22BrNO. The van der Waals surface area contributed by atoms with E-state index in [0.29, 0.717) is 12.0 Å². The molecule has 1 aromatic carbocycles. The van der Waals surface area contributed by atoms with Gasteiger partial charge in [-0.15, -0.1) is 0 Å². The molecule has 1 N–H and O–H groups in total. The SMILES string of the molecule is Cc1ccc(Br)cc1C(=O)NC1CCC(C)CC1C. The molecule has 0 radical (unpaired) electrons. The summed E-state index contributed by atoms with van der Waals surface area (Å²) in [7, 11) is 0. The molecule has 2 rings (SSSR count). The van der Waals surface area contributed by atoms with Gasteiger partial charge in [0.1, 0.15) is 0 Å². The van der Waals surface area contributed by atoms with Crippen LogP contribution < -0.4 is 5.32 Å². The lowest BCUT2D eigenvalue weighted by molar-refractivity contribution is 0.0899. The Morgan fingerprint density at radius 3 is 2.74 bits per heavy atom. The number of aryl methyl sites for hydroxylation is 1. The Kier molecular flexibility index (Phi) is 4.67. The van der Waals surface area contributed by atoms with E-state index in [1.165, 1.54) is 12.8 Å². The van der Waals surface area contributed by atoms with Gasteiger partial charge in [-0.3, -0.25) is 4.79 Å². The highest BCUT2D eigenvalue weighted by molar-refractivity contribution is 9.10. The van der Waals surface area contributed by atoms with Crippen LogP contribution in [-0.2, 0) is 0 Å². The predicted octanol–water partition coefficient (Wildman–Crippen LogP) is 4.31. The van der Waals surface area contributed by atoms with Crippen LogP contribution in [0.1, 0.15) is 49.0 Å². The lowest BCUT2D eigenvalue weighted by atomic mass is 9.80. The molecule has 3 heteroatoms. The van der Waals surface area contributed by atoms with Crippen LogP contribution in [0.15, 0.2) is 22.7 Å². The zero-order chi connectivity index (χ0) is 14.0. The van der Waals surface area contributed by atoms with Crippen molar-refractivity contribution in [1.82, 2.24) is 5.32 Å². The fraction of sp³-hybridized carbons (Fsp3) is 0.562. The van der Waals surface area contributed by atoms with Crippen molar-refractivity contribution < 1.29 is 4.79 Å². The van der Waals surface area contributed by atoms with E-state index in [1.807, 2.05) is 25.1 Å². The lowest BCUT2D eigenvalue weighted by Gasteiger charge is -2.33. The van der Waals surface area contributed by atoms with E-state index in [4.69, 9.17) is 0 Å². The molecule has 1 aliphatic carbocycles. The Balaban J connectivity index is 2.06. The second-order valence-electron chi connectivity index (χ2n) is 5.93. The molecule has 19 heavy (non-hydrogen) atoms. The summed E-state index contributed by atoms with van der Waals surface area (Å²) >= 11 is 3.43. The monoisotopic (exact) mass is 323 g/mol. The number of hydrogen-bond acceptors (Lipinski definition) is 1. The standard InChI is InChI=1S/C16H22BrNO/c1-10-4-7-15(12(3)8-10)18-16(19)14-9-13(17)6-5-11(14)2/h5-6,9-10,12,15H,4,7-8H2,1-3H3,(H,18,19). The molecule has 0 spiro atoms. The molecule has 3 atom stereocenters. The van der Waals surface area contributed by atoms with Crippen molar-refractivity contribution in [3.63, 3.8) is 0 Å². The molecule has 104 valence electrons. The van der Waals surface area contributed by atoms with Gasteiger partial charge in [0.25, 0.3) is 5.91 Å². The van der Waals surface area contributed by atoms with E-state index in [1.54, 1.807) is 0 Å². The largest absolute Gasteiger partial charge is 0.349 e. The van der Waals surface area contributed by atoms with Gasteiger partial charge < -0.3 is 5.32 Å². The number of halogens is 1. The van der Waals surface area contributed by atoms with E-state index < -0.39 is 0 Å². The first-order valence-electron chi connectivity index (χ1n) is 7.04. The summed E-state index contributed by atoms with van der Waals surface area (Å²) in [6, 6.07) is 6.17. The van der Waals surface area contributed by atoms with E-state index in [0.717, 1.165) is 27.9 Å². The van der Waals surface area contributed by atoms with E-state index >= 15 is 0 Å². The van der Waals surface area contributed by atoms with Crippen LogP contribution in [0, 0.1) is 18.8 Å². The van der Waals surface area contributed by atoms with Gasteiger partial charge in [-0.05, 0) is 55.7 Å². The molecule has 0 aromatic heterocycles. The molecule has 1 saturated carbocycles. The Morgan fingerprint density at radius 2 is 2.05 bits per heavy atom. The molecular weight excluding hydrogens is 302 g/mol. The van der Waals surface area contributed by atoms with Gasteiger partial charge in [-0.1, -0.05) is 35.8 Å². The second-order valence-corrected chi connectivity index (χ2v) is 6.85. The number of carbonyl (C=O) groups excluding carboxylic acids is 1.